The Hall–Kier alpha value is -3.53. The van der Waals surface area contributed by atoms with E-state index in [-0.39, 0.29) is 34.2 Å². The number of nitrogen functional groups attached to an aromatic ring is 2. The summed E-state index contributed by atoms with van der Waals surface area (Å²) in [6.07, 6.45) is -8.91. The molecule has 4 aromatic rings. The van der Waals surface area contributed by atoms with Gasteiger partial charge in [-0.05, 0) is 0 Å². The highest BCUT2D eigenvalue weighted by molar-refractivity contribution is 7.65. The van der Waals surface area contributed by atoms with Gasteiger partial charge in [0.15, 0.2) is 23.7 Å². The van der Waals surface area contributed by atoms with E-state index < -0.39 is 96.9 Å². The Bertz CT molecular complexity index is 2320. The van der Waals surface area contributed by atoms with Gasteiger partial charge in [0.2, 0.25) is 17.7 Å². The third-order valence-corrected chi connectivity index (χ3v) is 12.3. The van der Waals surface area contributed by atoms with Crippen LogP contribution >= 0.6 is 23.5 Å². The van der Waals surface area contributed by atoms with E-state index in [1.807, 2.05) is 0 Å². The number of H-pyrrole nitrogens is 2. The number of hydrogen-bond donors (Lipinski definition) is 6. The number of phosphoric acid groups is 3. The molecule has 4 aromatic heterocycles. The van der Waals surface area contributed by atoms with Gasteiger partial charge in [-0.25, -0.2) is 18.2 Å². The van der Waals surface area contributed by atoms with Crippen molar-refractivity contribution >= 4 is 57.7 Å². The molecule has 0 saturated carbocycles. The normalized spacial score (nSPS) is 29.4. The maximum Gasteiger partial charge on any atom is 0.313 e. The van der Waals surface area contributed by atoms with Crippen LogP contribution in [0.4, 0.5) is 11.9 Å². The number of nitrogens with two attached hydrogens (primary N) is 2. The Kier molecular flexibility index (Phi) is 11.0. The fourth-order valence-corrected chi connectivity index (χ4v) is 9.31. The van der Waals surface area contributed by atoms with E-state index in [0.29, 0.717) is 0 Å². The SMILES string of the molecule is CO[C@@H]1[C@H](O)[C@@H](COP(=O)([O-])OP(=O)([O-])OP(=O)([O-])OC[C@H]2O[C@@H]([n+]3cn(C)c4c(=O)[nH]c(N)nc43)[C@@H](O)[C@@H]2OC)O[C@H]1n1cnc2c(=O)[nH]c(N)nc21. The predicted octanol–water partition coefficient (Wildman–Crippen LogP) is -5.14. The van der Waals surface area contributed by atoms with E-state index in [1.54, 1.807) is 0 Å². The van der Waals surface area contributed by atoms with Gasteiger partial charge in [0.25, 0.3) is 40.5 Å². The number of aliphatic hydroxyl groups excluding tert-OH is 2. The quantitative estimate of drug-likeness (QED) is 0.0511. The highest BCUT2D eigenvalue weighted by Crippen LogP contribution is 2.63. The molecule has 6 heterocycles. The number of aliphatic hydroxyl groups is 2. The lowest BCUT2D eigenvalue weighted by Gasteiger charge is -2.35. The first kappa shape index (κ1) is 40.1. The molecule has 2 aliphatic rings. The number of anilines is 2. The van der Waals surface area contributed by atoms with Crippen LogP contribution in [0.25, 0.3) is 22.3 Å². The molecule has 3 unspecified atom stereocenters. The number of nitrogens with one attached hydrogen (secondary N) is 2. The van der Waals surface area contributed by atoms with E-state index in [9.17, 15) is 48.2 Å². The average Bonchev–Trinajstić information content (AvgIpc) is 3.79. The van der Waals surface area contributed by atoms with Crippen LogP contribution in [0.2, 0.25) is 0 Å². The van der Waals surface area contributed by atoms with E-state index >= 15 is 0 Å². The van der Waals surface area contributed by atoms with Gasteiger partial charge < -0.3 is 64.4 Å². The summed E-state index contributed by atoms with van der Waals surface area (Å²) in [5, 5.41) is 21.6. The Morgan fingerprint density at radius 2 is 1.48 bits per heavy atom. The summed E-state index contributed by atoms with van der Waals surface area (Å²) in [6.45, 7) is -2.14. The fraction of sp³-hybridized carbons (Fsp3) is 0.565. The number of ether oxygens (including phenoxy) is 4. The van der Waals surface area contributed by atoms with Crippen molar-refractivity contribution in [1.82, 2.24) is 34.1 Å². The van der Waals surface area contributed by atoms with Gasteiger partial charge in [0.05, 0.1) is 26.6 Å². The monoisotopic (exact) mass is 828 g/mol. The molecule has 8 N–H and O–H groups in total. The van der Waals surface area contributed by atoms with Crippen molar-refractivity contribution in [1.29, 1.82) is 0 Å². The molecule has 28 nitrogen and oxygen atoms in total. The van der Waals surface area contributed by atoms with Gasteiger partial charge in [-0.1, -0.05) is 4.98 Å². The highest BCUT2D eigenvalue weighted by Gasteiger charge is 2.49. The molecule has 6 rings (SSSR count). The number of methoxy groups -OCH3 is 2. The minimum absolute atomic E-state index is 0.0226. The molecule has 31 heteroatoms. The van der Waals surface area contributed by atoms with E-state index in [1.165, 1.54) is 34.2 Å². The van der Waals surface area contributed by atoms with Gasteiger partial charge in [0, 0.05) is 14.2 Å². The molecule has 54 heavy (non-hydrogen) atoms. The summed E-state index contributed by atoms with van der Waals surface area (Å²) in [5.74, 6) is -0.535. The van der Waals surface area contributed by atoms with Gasteiger partial charge in [-0.2, -0.15) is 4.98 Å². The topological polar surface area (TPSA) is 405 Å². The minimum Gasteiger partial charge on any atom is -0.756 e. The van der Waals surface area contributed by atoms with E-state index in [2.05, 4.69) is 42.6 Å². The van der Waals surface area contributed by atoms with Crippen molar-refractivity contribution in [3.05, 3.63) is 33.4 Å². The van der Waals surface area contributed by atoms with Gasteiger partial charge >= 0.3 is 5.65 Å². The van der Waals surface area contributed by atoms with Crippen LogP contribution in [-0.4, -0.2) is 108 Å². The zero-order chi connectivity index (χ0) is 39.5. The second kappa shape index (κ2) is 14.8. The molecule has 2 aliphatic heterocycles. The molecule has 298 valence electrons. The van der Waals surface area contributed by atoms with Crippen LogP contribution in [0.5, 0.6) is 0 Å². The molecule has 0 aromatic carbocycles. The second-order valence-corrected chi connectivity index (χ2v) is 16.1. The van der Waals surface area contributed by atoms with Crippen LogP contribution in [-0.2, 0) is 57.4 Å². The lowest BCUT2D eigenvalue weighted by atomic mass is 10.1. The highest BCUT2D eigenvalue weighted by atomic mass is 31.3. The first-order chi connectivity index (χ1) is 25.2. The first-order valence-corrected chi connectivity index (χ1v) is 19.5. The number of aryl methyl sites for hydroxylation is 1. The molecule has 2 saturated heterocycles. The number of imidazole rings is 2. The third-order valence-electron chi connectivity index (χ3n) is 8.15. The molecule has 0 bridgehead atoms. The second-order valence-electron chi connectivity index (χ2n) is 11.6. The summed E-state index contributed by atoms with van der Waals surface area (Å²) in [7, 11) is -14.5. The molecular formula is C23H31N10O18P3-2. The summed E-state index contributed by atoms with van der Waals surface area (Å²) < 4.78 is 79.8. The number of aromatic nitrogens is 8. The van der Waals surface area contributed by atoms with Crippen molar-refractivity contribution in [2.45, 2.75) is 49.1 Å². The van der Waals surface area contributed by atoms with Gasteiger partial charge in [0.1, 0.15) is 36.6 Å². The molecule has 0 radical (unpaired) electrons. The molecule has 11 atom stereocenters. The smallest absolute Gasteiger partial charge is 0.313 e. The fourth-order valence-electron chi connectivity index (χ4n) is 5.93. The van der Waals surface area contributed by atoms with Gasteiger partial charge in [-0.3, -0.25) is 42.4 Å². The maximum absolute atomic E-state index is 12.5. The van der Waals surface area contributed by atoms with Crippen LogP contribution in [0, 0.1) is 0 Å². The summed E-state index contributed by atoms with van der Waals surface area (Å²) >= 11 is 0. The molecule has 2 fully saturated rings. The van der Waals surface area contributed by atoms with Crippen molar-refractivity contribution < 1.29 is 79.8 Å². The average molecular weight is 828 g/mol. The number of hydrogen-bond acceptors (Lipinski definition) is 23. The van der Waals surface area contributed by atoms with Crippen molar-refractivity contribution in [3.8, 4) is 0 Å². The Labute approximate surface area is 299 Å². The largest absolute Gasteiger partial charge is 0.756 e. The Morgan fingerprint density at radius 3 is 2.11 bits per heavy atom. The van der Waals surface area contributed by atoms with E-state index in [0.717, 1.165) is 13.4 Å². The Morgan fingerprint density at radius 1 is 0.889 bits per heavy atom. The zero-order valence-electron chi connectivity index (χ0n) is 27.8. The van der Waals surface area contributed by atoms with Crippen molar-refractivity contribution in [2.75, 3.05) is 38.9 Å². The van der Waals surface area contributed by atoms with Gasteiger partial charge in [-0.15, -0.1) is 0 Å². The third kappa shape index (κ3) is 7.92. The maximum atomic E-state index is 12.5. The zero-order valence-corrected chi connectivity index (χ0v) is 30.5. The lowest BCUT2D eigenvalue weighted by molar-refractivity contribution is -0.745. The summed E-state index contributed by atoms with van der Waals surface area (Å²) in [5.41, 5.74) is 9.73. The first-order valence-electron chi connectivity index (χ1n) is 15.1. The number of aromatic amines is 2. The summed E-state index contributed by atoms with van der Waals surface area (Å²) in [6, 6.07) is 0. The van der Waals surface area contributed by atoms with Crippen molar-refractivity contribution in [2.24, 2.45) is 7.05 Å². The molecule has 0 amide bonds. The standard InChI is InChI=1S/C23H33N10O18P3/c1-31-7-33(17-11(31)19(37)30-23(25)28-17)20-13(35)14(44-2)9(49-20)5-47-53(40,41)51-54(42,43)50-52(38,39)46-4-8-12(34)15(45-3)21(48-8)32-6-26-10-16(32)27-22(24)29-18(10)36/h6-9,12-15,20-21,34-35H,4-5H2,1-3H3,(H8-,24,25,27,28,29,30,36,37,38,39,40,41,42,43)/p-2/t8-,9-,12-,13+,14-,15-,20-,21-/m1/s1. The Balaban J connectivity index is 1.07. The predicted molar refractivity (Wildman–Crippen MR) is 167 cm³/mol. The summed E-state index contributed by atoms with van der Waals surface area (Å²) in [4.78, 5) is 78.4. The number of fused-ring (bicyclic) bond motifs is 2. The molecule has 0 aliphatic carbocycles. The van der Waals surface area contributed by atoms with E-state index in [4.69, 9.17) is 30.4 Å². The van der Waals surface area contributed by atoms with Crippen LogP contribution < -0.4 is 41.8 Å². The van der Waals surface area contributed by atoms with Crippen LogP contribution in [0.15, 0.2) is 22.2 Å². The number of nitrogens with zero attached hydrogens (tertiary/aromatic N) is 6. The molecule has 0 spiro atoms. The number of phosphoric ester groups is 2. The molecular weight excluding hydrogens is 797 g/mol. The minimum atomic E-state index is -6.33. The van der Waals surface area contributed by atoms with Crippen molar-refractivity contribution in [3.63, 3.8) is 0 Å². The lowest BCUT2D eigenvalue weighted by Crippen LogP contribution is -2.46. The number of rotatable bonds is 14. The van der Waals surface area contributed by atoms with Crippen LogP contribution in [0.3, 0.4) is 0 Å². The van der Waals surface area contributed by atoms with Crippen LogP contribution in [0.1, 0.15) is 12.5 Å².